The fourth-order valence-electron chi connectivity index (χ4n) is 1.89. The first kappa shape index (κ1) is 14.4. The summed E-state index contributed by atoms with van der Waals surface area (Å²) in [4.78, 5) is -0.00774. The van der Waals surface area contributed by atoms with Crippen molar-refractivity contribution in [1.29, 1.82) is 0 Å². The van der Waals surface area contributed by atoms with Crippen molar-refractivity contribution in [3.05, 3.63) is 48.0 Å². The van der Waals surface area contributed by atoms with Gasteiger partial charge in [-0.25, -0.2) is 13.6 Å². The van der Waals surface area contributed by atoms with Crippen LogP contribution in [0.25, 0.3) is 0 Å². The Morgan fingerprint density at radius 1 is 1.10 bits per heavy atom. The summed E-state index contributed by atoms with van der Waals surface area (Å²) in [5.74, 6) is 0. The number of hydrogen-bond donors (Lipinski definition) is 3. The van der Waals surface area contributed by atoms with Gasteiger partial charge in [0, 0.05) is 17.1 Å². The van der Waals surface area contributed by atoms with E-state index in [1.54, 1.807) is 6.07 Å². The summed E-state index contributed by atoms with van der Waals surface area (Å²) in [5.41, 5.74) is 8.69. The standard InChI is InChI=1S/C14H17N3O2S/c1-2-10-4-3-5-12(6-10)17-13-7-11(15)8-14(9-13)20(16,18)19/h3-9,17H,2,15H2,1H3,(H2,16,18,19). The Bertz CT molecular complexity index is 727. The van der Waals surface area contributed by atoms with Crippen molar-refractivity contribution in [1.82, 2.24) is 0 Å². The predicted octanol–water partition coefficient (Wildman–Crippen LogP) is 2.22. The molecule has 0 aromatic heterocycles. The van der Waals surface area contributed by atoms with E-state index in [2.05, 4.69) is 12.2 Å². The topological polar surface area (TPSA) is 98.2 Å². The number of anilines is 3. The summed E-state index contributed by atoms with van der Waals surface area (Å²) in [6, 6.07) is 12.3. The molecule has 0 aliphatic carbocycles. The number of nitrogens with one attached hydrogen (secondary N) is 1. The van der Waals surface area contributed by atoms with Gasteiger partial charge in [0.25, 0.3) is 0 Å². The third kappa shape index (κ3) is 3.49. The molecule has 2 aromatic carbocycles. The Morgan fingerprint density at radius 2 is 1.85 bits per heavy atom. The van der Waals surface area contributed by atoms with Crippen LogP contribution in [0.5, 0.6) is 0 Å². The summed E-state index contributed by atoms with van der Waals surface area (Å²) in [6.45, 7) is 2.07. The number of rotatable bonds is 4. The lowest BCUT2D eigenvalue weighted by Crippen LogP contribution is -2.12. The van der Waals surface area contributed by atoms with E-state index in [1.807, 2.05) is 24.3 Å². The van der Waals surface area contributed by atoms with Crippen LogP contribution in [0.4, 0.5) is 17.1 Å². The predicted molar refractivity (Wildman–Crippen MR) is 81.3 cm³/mol. The average molecular weight is 291 g/mol. The van der Waals surface area contributed by atoms with Crippen molar-refractivity contribution < 1.29 is 8.42 Å². The number of nitrogens with two attached hydrogens (primary N) is 2. The maximum atomic E-state index is 11.4. The van der Waals surface area contributed by atoms with Gasteiger partial charge in [-0.3, -0.25) is 0 Å². The van der Waals surface area contributed by atoms with Crippen LogP contribution in [0, 0.1) is 0 Å². The van der Waals surface area contributed by atoms with Gasteiger partial charge in [0.15, 0.2) is 0 Å². The highest BCUT2D eigenvalue weighted by molar-refractivity contribution is 7.89. The molecule has 6 heteroatoms. The molecule has 0 spiro atoms. The number of sulfonamides is 1. The van der Waals surface area contributed by atoms with Crippen LogP contribution in [0.3, 0.4) is 0 Å². The van der Waals surface area contributed by atoms with Gasteiger partial charge in [-0.05, 0) is 42.3 Å². The minimum Gasteiger partial charge on any atom is -0.399 e. The quantitative estimate of drug-likeness (QED) is 0.752. The fraction of sp³-hybridized carbons (Fsp3) is 0.143. The van der Waals surface area contributed by atoms with E-state index in [0.29, 0.717) is 11.4 Å². The molecule has 0 saturated carbocycles. The van der Waals surface area contributed by atoms with Gasteiger partial charge in [0.05, 0.1) is 4.90 Å². The number of aryl methyl sites for hydroxylation is 1. The molecule has 106 valence electrons. The van der Waals surface area contributed by atoms with Gasteiger partial charge in [-0.2, -0.15) is 0 Å². The Kier molecular flexibility index (Phi) is 3.96. The summed E-state index contributed by atoms with van der Waals surface area (Å²) >= 11 is 0. The maximum Gasteiger partial charge on any atom is 0.238 e. The van der Waals surface area contributed by atoms with Gasteiger partial charge in [0.1, 0.15) is 0 Å². The zero-order valence-electron chi connectivity index (χ0n) is 11.1. The second-order valence-electron chi connectivity index (χ2n) is 4.51. The van der Waals surface area contributed by atoms with Crippen molar-refractivity contribution in [2.24, 2.45) is 5.14 Å². The van der Waals surface area contributed by atoms with Crippen molar-refractivity contribution in [2.75, 3.05) is 11.1 Å². The van der Waals surface area contributed by atoms with E-state index in [9.17, 15) is 8.42 Å². The molecule has 20 heavy (non-hydrogen) atoms. The first-order chi connectivity index (χ1) is 9.38. The lowest BCUT2D eigenvalue weighted by Gasteiger charge is -2.10. The number of hydrogen-bond acceptors (Lipinski definition) is 4. The van der Waals surface area contributed by atoms with Gasteiger partial charge in [-0.15, -0.1) is 0 Å². The third-order valence-corrected chi connectivity index (χ3v) is 3.77. The second kappa shape index (κ2) is 5.52. The average Bonchev–Trinajstić information content (AvgIpc) is 2.37. The van der Waals surface area contributed by atoms with E-state index >= 15 is 0 Å². The van der Waals surface area contributed by atoms with Crippen LogP contribution in [0.1, 0.15) is 12.5 Å². The van der Waals surface area contributed by atoms with Crippen LogP contribution >= 0.6 is 0 Å². The van der Waals surface area contributed by atoms with Gasteiger partial charge in [0.2, 0.25) is 10.0 Å². The van der Waals surface area contributed by atoms with Crippen molar-refractivity contribution in [3.8, 4) is 0 Å². The Morgan fingerprint density at radius 3 is 2.50 bits per heavy atom. The molecule has 2 aromatic rings. The Labute approximate surface area is 118 Å². The summed E-state index contributed by atoms with van der Waals surface area (Å²) < 4.78 is 22.8. The zero-order valence-corrected chi connectivity index (χ0v) is 11.9. The van der Waals surface area contributed by atoms with Gasteiger partial charge < -0.3 is 11.1 Å². The fourth-order valence-corrected chi connectivity index (χ4v) is 2.49. The molecule has 0 aliphatic rings. The molecule has 0 heterocycles. The normalized spacial score (nSPS) is 11.3. The molecule has 5 nitrogen and oxygen atoms in total. The highest BCUT2D eigenvalue weighted by Crippen LogP contribution is 2.23. The van der Waals surface area contributed by atoms with E-state index in [4.69, 9.17) is 10.9 Å². The Balaban J connectivity index is 2.36. The SMILES string of the molecule is CCc1cccc(Nc2cc(N)cc(S(N)(=O)=O)c2)c1. The molecule has 5 N–H and O–H groups in total. The first-order valence-corrected chi connectivity index (χ1v) is 7.72. The van der Waals surface area contributed by atoms with Crippen molar-refractivity contribution in [2.45, 2.75) is 18.2 Å². The van der Waals surface area contributed by atoms with Crippen LogP contribution < -0.4 is 16.2 Å². The smallest absolute Gasteiger partial charge is 0.238 e. The third-order valence-electron chi connectivity index (χ3n) is 2.88. The molecule has 0 radical (unpaired) electrons. The summed E-state index contributed by atoms with van der Waals surface area (Å²) in [5, 5.41) is 8.25. The van der Waals surface area contributed by atoms with Crippen LogP contribution in [0.15, 0.2) is 47.4 Å². The minimum atomic E-state index is -3.77. The summed E-state index contributed by atoms with van der Waals surface area (Å²) in [6.07, 6.45) is 0.925. The van der Waals surface area contributed by atoms with Crippen molar-refractivity contribution >= 4 is 27.1 Å². The molecule has 0 bridgehead atoms. The highest BCUT2D eigenvalue weighted by Gasteiger charge is 2.10. The van der Waals surface area contributed by atoms with Crippen LogP contribution in [0.2, 0.25) is 0 Å². The molecule has 0 atom stereocenters. The van der Waals surface area contributed by atoms with Gasteiger partial charge >= 0.3 is 0 Å². The monoisotopic (exact) mass is 291 g/mol. The maximum absolute atomic E-state index is 11.4. The number of primary sulfonamides is 1. The molecule has 2 rings (SSSR count). The minimum absolute atomic E-state index is 0.00774. The number of benzene rings is 2. The molecule has 0 amide bonds. The largest absolute Gasteiger partial charge is 0.399 e. The first-order valence-electron chi connectivity index (χ1n) is 6.18. The summed E-state index contributed by atoms with van der Waals surface area (Å²) in [7, 11) is -3.77. The Hall–Kier alpha value is -2.05. The van der Waals surface area contributed by atoms with Crippen molar-refractivity contribution in [3.63, 3.8) is 0 Å². The lowest BCUT2D eigenvalue weighted by atomic mass is 10.1. The molecule has 0 aliphatic heterocycles. The molecule has 0 unspecified atom stereocenters. The van der Waals surface area contributed by atoms with E-state index in [-0.39, 0.29) is 4.90 Å². The van der Waals surface area contributed by atoms with Crippen LogP contribution in [-0.4, -0.2) is 8.42 Å². The molecule has 0 fully saturated rings. The molecule has 0 saturated heterocycles. The molecular formula is C14H17N3O2S. The van der Waals surface area contributed by atoms with E-state index in [0.717, 1.165) is 12.1 Å². The van der Waals surface area contributed by atoms with E-state index < -0.39 is 10.0 Å². The van der Waals surface area contributed by atoms with Crippen LogP contribution in [-0.2, 0) is 16.4 Å². The second-order valence-corrected chi connectivity index (χ2v) is 6.08. The lowest BCUT2D eigenvalue weighted by molar-refractivity contribution is 0.598. The molecular weight excluding hydrogens is 274 g/mol. The zero-order chi connectivity index (χ0) is 14.8. The van der Waals surface area contributed by atoms with Gasteiger partial charge in [-0.1, -0.05) is 19.1 Å². The van der Waals surface area contributed by atoms with E-state index in [1.165, 1.54) is 17.7 Å². The highest BCUT2D eigenvalue weighted by atomic mass is 32.2. The number of nitrogen functional groups attached to an aromatic ring is 1.